The van der Waals surface area contributed by atoms with E-state index < -0.39 is 6.09 Å². The second-order valence-corrected chi connectivity index (χ2v) is 7.48. The lowest BCUT2D eigenvalue weighted by molar-refractivity contribution is -0.0504. The third-order valence-corrected chi connectivity index (χ3v) is 6.14. The van der Waals surface area contributed by atoms with Gasteiger partial charge in [-0.15, -0.1) is 0 Å². The molecule has 4 fully saturated rings. The highest BCUT2D eigenvalue weighted by Gasteiger charge is 2.52. The SMILES string of the molecule is O=C1NCC2(CCN(C3CC4(CCN(C(=O)O)C4)C3)CC2)O1. The van der Waals surface area contributed by atoms with Gasteiger partial charge in [-0.25, -0.2) is 9.59 Å². The third-order valence-electron chi connectivity index (χ3n) is 6.14. The molecule has 3 saturated heterocycles. The normalized spacial score (nSPS) is 37.2. The molecular formula is C15H23N3O4. The fourth-order valence-corrected chi connectivity index (χ4v) is 4.71. The number of piperidine rings is 1. The van der Waals surface area contributed by atoms with Crippen LogP contribution in [0.1, 0.15) is 32.1 Å². The van der Waals surface area contributed by atoms with Gasteiger partial charge in [-0.05, 0) is 24.7 Å². The summed E-state index contributed by atoms with van der Waals surface area (Å²) in [6, 6.07) is 0.580. The second-order valence-electron chi connectivity index (χ2n) is 7.48. The van der Waals surface area contributed by atoms with Gasteiger partial charge < -0.3 is 25.0 Å². The van der Waals surface area contributed by atoms with E-state index in [4.69, 9.17) is 9.84 Å². The van der Waals surface area contributed by atoms with Crippen LogP contribution in [-0.4, -0.2) is 71.5 Å². The van der Waals surface area contributed by atoms with Crippen LogP contribution in [0, 0.1) is 5.41 Å². The number of hydrogen-bond donors (Lipinski definition) is 2. The number of alkyl carbamates (subject to hydrolysis) is 1. The van der Waals surface area contributed by atoms with E-state index in [0.29, 0.717) is 25.7 Å². The Labute approximate surface area is 129 Å². The fraction of sp³-hybridized carbons (Fsp3) is 0.867. The molecule has 0 bridgehead atoms. The van der Waals surface area contributed by atoms with Crippen LogP contribution in [0.25, 0.3) is 0 Å². The zero-order valence-corrected chi connectivity index (χ0v) is 12.7. The van der Waals surface area contributed by atoms with Crippen molar-refractivity contribution in [1.82, 2.24) is 15.1 Å². The first-order valence-electron chi connectivity index (χ1n) is 8.18. The number of amides is 2. The highest BCUT2D eigenvalue weighted by atomic mass is 16.6. The van der Waals surface area contributed by atoms with Crippen molar-refractivity contribution in [2.24, 2.45) is 5.41 Å². The molecule has 7 heteroatoms. The molecule has 1 saturated carbocycles. The van der Waals surface area contributed by atoms with Crippen molar-refractivity contribution in [3.63, 3.8) is 0 Å². The van der Waals surface area contributed by atoms with Crippen molar-refractivity contribution < 1.29 is 19.4 Å². The molecule has 0 aromatic heterocycles. The topological polar surface area (TPSA) is 82.1 Å². The van der Waals surface area contributed by atoms with Gasteiger partial charge in [0.05, 0.1) is 6.54 Å². The number of likely N-dealkylation sites (tertiary alicyclic amines) is 2. The predicted molar refractivity (Wildman–Crippen MR) is 77.7 cm³/mol. The van der Waals surface area contributed by atoms with Gasteiger partial charge in [0.25, 0.3) is 0 Å². The van der Waals surface area contributed by atoms with Gasteiger partial charge in [0.15, 0.2) is 0 Å². The highest BCUT2D eigenvalue weighted by molar-refractivity contribution is 5.70. The van der Waals surface area contributed by atoms with E-state index in [1.807, 2.05) is 0 Å². The quantitative estimate of drug-likeness (QED) is 0.758. The van der Waals surface area contributed by atoms with Gasteiger partial charge in [0, 0.05) is 45.1 Å². The lowest BCUT2D eigenvalue weighted by Crippen LogP contribution is -2.57. The fourth-order valence-electron chi connectivity index (χ4n) is 4.71. The molecule has 0 aromatic carbocycles. The van der Waals surface area contributed by atoms with Crippen LogP contribution in [-0.2, 0) is 4.74 Å². The van der Waals surface area contributed by atoms with Gasteiger partial charge in [-0.3, -0.25) is 0 Å². The van der Waals surface area contributed by atoms with Gasteiger partial charge >= 0.3 is 12.2 Å². The average Bonchev–Trinajstić information content (AvgIpc) is 3.04. The summed E-state index contributed by atoms with van der Waals surface area (Å²) in [5.74, 6) is 0. The minimum Gasteiger partial charge on any atom is -0.465 e. The van der Waals surface area contributed by atoms with E-state index in [2.05, 4.69) is 10.2 Å². The Balaban J connectivity index is 1.28. The molecule has 4 aliphatic rings. The first-order valence-corrected chi connectivity index (χ1v) is 8.18. The molecule has 0 unspecified atom stereocenters. The second kappa shape index (κ2) is 4.75. The third kappa shape index (κ3) is 2.22. The standard InChI is InChI=1S/C15H23N3O4/c19-12-16-9-15(22-12)2-5-17(6-3-15)11-7-14(8-11)1-4-18(10-14)13(20)21/h11H,1-10H2,(H,16,19)(H,20,21). The van der Waals surface area contributed by atoms with Gasteiger partial charge in [0.1, 0.15) is 5.60 Å². The van der Waals surface area contributed by atoms with E-state index >= 15 is 0 Å². The summed E-state index contributed by atoms with van der Waals surface area (Å²) in [5.41, 5.74) is -0.0396. The number of ether oxygens (including phenoxy) is 1. The molecular weight excluding hydrogens is 286 g/mol. The zero-order chi connectivity index (χ0) is 15.4. The molecule has 2 N–H and O–H groups in total. The zero-order valence-electron chi connectivity index (χ0n) is 12.7. The van der Waals surface area contributed by atoms with Crippen LogP contribution in [0.3, 0.4) is 0 Å². The largest absolute Gasteiger partial charge is 0.465 e. The summed E-state index contributed by atoms with van der Waals surface area (Å²) >= 11 is 0. The summed E-state index contributed by atoms with van der Waals surface area (Å²) in [6.45, 7) is 3.98. The van der Waals surface area contributed by atoms with Crippen LogP contribution < -0.4 is 5.32 Å². The Kier molecular flexibility index (Phi) is 3.04. The summed E-state index contributed by atoms with van der Waals surface area (Å²) < 4.78 is 5.45. The molecule has 1 aliphatic carbocycles. The Morgan fingerprint density at radius 2 is 1.95 bits per heavy atom. The summed E-state index contributed by atoms with van der Waals surface area (Å²) in [5, 5.41) is 11.9. The summed E-state index contributed by atoms with van der Waals surface area (Å²) in [6.07, 6.45) is 3.97. The molecule has 7 nitrogen and oxygen atoms in total. The van der Waals surface area contributed by atoms with E-state index in [0.717, 1.165) is 45.2 Å². The molecule has 22 heavy (non-hydrogen) atoms. The van der Waals surface area contributed by atoms with Crippen LogP contribution in [0.2, 0.25) is 0 Å². The van der Waals surface area contributed by atoms with Crippen molar-refractivity contribution in [2.45, 2.75) is 43.7 Å². The summed E-state index contributed by atoms with van der Waals surface area (Å²) in [7, 11) is 0. The number of carbonyl (C=O) groups excluding carboxylic acids is 1. The van der Waals surface area contributed by atoms with Crippen molar-refractivity contribution in [3.8, 4) is 0 Å². The van der Waals surface area contributed by atoms with E-state index in [1.165, 1.54) is 0 Å². The molecule has 0 aromatic rings. The van der Waals surface area contributed by atoms with Crippen LogP contribution in [0.15, 0.2) is 0 Å². The lowest BCUT2D eigenvalue weighted by Gasteiger charge is -2.52. The molecule has 0 radical (unpaired) electrons. The van der Waals surface area contributed by atoms with E-state index in [-0.39, 0.29) is 17.1 Å². The number of nitrogens with one attached hydrogen (secondary N) is 1. The van der Waals surface area contributed by atoms with Crippen LogP contribution >= 0.6 is 0 Å². The molecule has 3 heterocycles. The van der Waals surface area contributed by atoms with Crippen molar-refractivity contribution in [2.75, 3.05) is 32.7 Å². The minimum absolute atomic E-state index is 0.236. The molecule has 3 aliphatic heterocycles. The van der Waals surface area contributed by atoms with Crippen molar-refractivity contribution >= 4 is 12.2 Å². The van der Waals surface area contributed by atoms with E-state index in [9.17, 15) is 9.59 Å². The maximum atomic E-state index is 11.3. The molecule has 2 amide bonds. The average molecular weight is 309 g/mol. The van der Waals surface area contributed by atoms with Crippen LogP contribution in [0.5, 0.6) is 0 Å². The summed E-state index contributed by atoms with van der Waals surface area (Å²) in [4.78, 5) is 26.4. The smallest absolute Gasteiger partial charge is 0.407 e. The highest BCUT2D eigenvalue weighted by Crippen LogP contribution is 2.50. The van der Waals surface area contributed by atoms with Crippen molar-refractivity contribution in [3.05, 3.63) is 0 Å². The van der Waals surface area contributed by atoms with Crippen molar-refractivity contribution in [1.29, 1.82) is 0 Å². The maximum absolute atomic E-state index is 11.3. The number of hydrogen-bond acceptors (Lipinski definition) is 4. The molecule has 0 atom stereocenters. The van der Waals surface area contributed by atoms with Crippen LogP contribution in [0.4, 0.5) is 9.59 Å². The van der Waals surface area contributed by atoms with Gasteiger partial charge in [-0.1, -0.05) is 0 Å². The Bertz CT molecular complexity index is 495. The molecule has 2 spiro atoms. The first-order chi connectivity index (χ1) is 10.5. The Morgan fingerprint density at radius 1 is 1.23 bits per heavy atom. The first kappa shape index (κ1) is 14.1. The van der Waals surface area contributed by atoms with Gasteiger partial charge in [-0.2, -0.15) is 0 Å². The van der Waals surface area contributed by atoms with E-state index in [1.54, 1.807) is 4.90 Å². The lowest BCUT2D eigenvalue weighted by atomic mass is 9.64. The van der Waals surface area contributed by atoms with Gasteiger partial charge in [0.2, 0.25) is 0 Å². The Morgan fingerprint density at radius 3 is 2.50 bits per heavy atom. The molecule has 122 valence electrons. The number of rotatable bonds is 1. The number of carbonyl (C=O) groups is 2. The predicted octanol–water partition coefficient (Wildman–Crippen LogP) is 1.09. The molecule has 4 rings (SSSR count). The minimum atomic E-state index is -0.782. The Hall–Kier alpha value is -1.50. The maximum Gasteiger partial charge on any atom is 0.407 e. The monoisotopic (exact) mass is 309 g/mol. The number of nitrogens with zero attached hydrogens (tertiary/aromatic N) is 2. The number of carboxylic acid groups (broad SMARTS) is 1.